The van der Waals surface area contributed by atoms with Crippen molar-refractivity contribution in [3.05, 3.63) is 29.6 Å². The minimum Gasteiger partial charge on any atom is -0.497 e. The summed E-state index contributed by atoms with van der Waals surface area (Å²) < 4.78 is 31.5. The van der Waals surface area contributed by atoms with Gasteiger partial charge < -0.3 is 14.0 Å². The van der Waals surface area contributed by atoms with E-state index in [1.54, 1.807) is 13.2 Å². The van der Waals surface area contributed by atoms with Crippen LogP contribution in [0.4, 0.5) is 4.39 Å². The van der Waals surface area contributed by atoms with E-state index in [0.29, 0.717) is 5.75 Å². The van der Waals surface area contributed by atoms with Crippen LogP contribution in [0.25, 0.3) is 0 Å². The first-order valence-electron chi connectivity index (χ1n) is 8.32. The number of ether oxygens (including phenoxy) is 1. The number of hydrogen-bond donors (Lipinski definition) is 0. The highest BCUT2D eigenvalue weighted by atomic mass is 19.1. The minimum atomic E-state index is -0.289. The lowest BCUT2D eigenvalue weighted by atomic mass is 9.23. The second kappa shape index (κ2) is 4.31. The van der Waals surface area contributed by atoms with Crippen LogP contribution in [0.5, 0.6) is 5.75 Å². The van der Waals surface area contributed by atoms with Crippen LogP contribution in [0.15, 0.2) is 18.2 Å². The molecule has 0 radical (unpaired) electrons. The summed E-state index contributed by atoms with van der Waals surface area (Å²) in [6, 6.07) is 5.05. The molecule has 23 heavy (non-hydrogen) atoms. The summed E-state index contributed by atoms with van der Waals surface area (Å²) in [6.07, 6.45) is 3.01. The van der Waals surface area contributed by atoms with Crippen molar-refractivity contribution in [2.24, 2.45) is 0 Å². The van der Waals surface area contributed by atoms with Gasteiger partial charge in [-0.2, -0.15) is 0 Å². The van der Waals surface area contributed by atoms with Gasteiger partial charge in [0, 0.05) is 11.4 Å². The molecule has 1 aromatic carbocycles. The zero-order valence-electron chi connectivity index (χ0n) is 14.5. The SMILES string of the molecule is COc1cc(F)cc(C23CC(B4OC(C)(C)C(C)(C)O4)(C2)C3)c1. The molecule has 4 aliphatic rings. The third-order valence-electron chi connectivity index (χ3n) is 6.54. The average Bonchev–Trinajstić information content (AvgIpc) is 2.54. The molecule has 0 spiro atoms. The normalized spacial score (nSPS) is 36.3. The third kappa shape index (κ3) is 1.96. The van der Waals surface area contributed by atoms with Crippen LogP contribution in [0.1, 0.15) is 52.5 Å². The monoisotopic (exact) mass is 318 g/mol. The Kier molecular flexibility index (Phi) is 2.90. The Balaban J connectivity index is 1.52. The zero-order chi connectivity index (χ0) is 16.7. The van der Waals surface area contributed by atoms with Gasteiger partial charge in [-0.25, -0.2) is 4.39 Å². The van der Waals surface area contributed by atoms with Gasteiger partial charge in [-0.15, -0.1) is 0 Å². The summed E-state index contributed by atoms with van der Waals surface area (Å²) >= 11 is 0. The number of hydrogen-bond acceptors (Lipinski definition) is 3. The standard InChI is InChI=1S/C18H24BFO3/c1-15(2)16(3,4)23-19(22-15)18-9-17(10-18,11-18)12-6-13(20)8-14(7-12)21-5/h6-8H,9-11H2,1-5H3. The van der Waals surface area contributed by atoms with Crippen molar-refractivity contribution in [2.75, 3.05) is 7.11 Å². The molecule has 3 nitrogen and oxygen atoms in total. The van der Waals surface area contributed by atoms with Crippen molar-refractivity contribution in [3.63, 3.8) is 0 Å². The molecule has 1 heterocycles. The number of halogens is 1. The van der Waals surface area contributed by atoms with E-state index in [1.165, 1.54) is 6.07 Å². The smallest absolute Gasteiger partial charge is 0.464 e. The molecule has 3 saturated carbocycles. The summed E-state index contributed by atoms with van der Waals surface area (Å²) in [5, 5.41) is 0.102. The van der Waals surface area contributed by atoms with Gasteiger partial charge in [-0.1, -0.05) is 0 Å². The predicted molar refractivity (Wildman–Crippen MR) is 87.3 cm³/mol. The number of rotatable bonds is 3. The summed E-state index contributed by atoms with van der Waals surface area (Å²) in [5.41, 5.74) is 0.552. The van der Waals surface area contributed by atoms with Crippen LogP contribution in [0.2, 0.25) is 5.31 Å². The topological polar surface area (TPSA) is 27.7 Å². The maximum Gasteiger partial charge on any atom is 0.464 e. The molecular weight excluding hydrogens is 294 g/mol. The lowest BCUT2D eigenvalue weighted by Crippen LogP contribution is -2.66. The molecule has 0 aromatic heterocycles. The molecule has 124 valence electrons. The van der Waals surface area contributed by atoms with Gasteiger partial charge in [-0.05, 0) is 70.1 Å². The summed E-state index contributed by atoms with van der Waals surface area (Å²) in [7, 11) is 1.43. The highest BCUT2D eigenvalue weighted by Gasteiger charge is 2.76. The fourth-order valence-corrected chi connectivity index (χ4v) is 4.50. The molecule has 1 aromatic rings. The van der Waals surface area contributed by atoms with Crippen LogP contribution >= 0.6 is 0 Å². The quantitative estimate of drug-likeness (QED) is 0.785. The molecule has 4 fully saturated rings. The number of methoxy groups -OCH3 is 1. The van der Waals surface area contributed by atoms with E-state index < -0.39 is 0 Å². The summed E-state index contributed by atoms with van der Waals surface area (Å²) in [5.74, 6) is 0.364. The van der Waals surface area contributed by atoms with E-state index in [4.69, 9.17) is 14.0 Å². The molecule has 1 saturated heterocycles. The van der Waals surface area contributed by atoms with Crippen LogP contribution in [-0.2, 0) is 14.7 Å². The van der Waals surface area contributed by atoms with E-state index in [0.717, 1.165) is 24.8 Å². The fourth-order valence-electron chi connectivity index (χ4n) is 4.50. The van der Waals surface area contributed by atoms with Crippen molar-refractivity contribution in [2.45, 2.75) is 68.9 Å². The second-order valence-electron chi connectivity index (χ2n) is 8.64. The lowest BCUT2D eigenvalue weighted by molar-refractivity contribution is -0.0386. The second-order valence-corrected chi connectivity index (χ2v) is 8.64. The molecule has 1 aliphatic heterocycles. The Morgan fingerprint density at radius 3 is 2.09 bits per heavy atom. The highest BCUT2D eigenvalue weighted by Crippen LogP contribution is 2.80. The van der Waals surface area contributed by atoms with Gasteiger partial charge in [0.15, 0.2) is 0 Å². The van der Waals surface area contributed by atoms with Crippen LogP contribution in [-0.4, -0.2) is 25.4 Å². The number of benzene rings is 1. The fraction of sp³-hybridized carbons (Fsp3) is 0.667. The molecule has 5 heteroatoms. The Morgan fingerprint density at radius 2 is 1.57 bits per heavy atom. The van der Waals surface area contributed by atoms with Crippen molar-refractivity contribution < 1.29 is 18.4 Å². The van der Waals surface area contributed by atoms with E-state index in [-0.39, 0.29) is 34.9 Å². The van der Waals surface area contributed by atoms with Crippen molar-refractivity contribution in [3.8, 4) is 5.75 Å². The van der Waals surface area contributed by atoms with Crippen LogP contribution in [0, 0.1) is 5.82 Å². The predicted octanol–water partition coefficient (Wildman–Crippen LogP) is 4.10. The molecular formula is C18H24BFO3. The van der Waals surface area contributed by atoms with Gasteiger partial charge >= 0.3 is 7.12 Å². The molecule has 3 aliphatic carbocycles. The molecule has 0 unspecified atom stereocenters. The molecule has 5 rings (SSSR count). The third-order valence-corrected chi connectivity index (χ3v) is 6.54. The highest BCUT2D eigenvalue weighted by molar-refractivity contribution is 6.51. The van der Waals surface area contributed by atoms with Crippen molar-refractivity contribution >= 4 is 7.12 Å². The van der Waals surface area contributed by atoms with E-state index in [9.17, 15) is 4.39 Å². The summed E-state index contributed by atoms with van der Waals surface area (Å²) in [6.45, 7) is 8.36. The van der Waals surface area contributed by atoms with Gasteiger partial charge in [0.05, 0.1) is 18.3 Å². The zero-order valence-corrected chi connectivity index (χ0v) is 14.5. The van der Waals surface area contributed by atoms with Crippen molar-refractivity contribution in [1.29, 1.82) is 0 Å². The molecule has 0 amide bonds. The molecule has 2 bridgehead atoms. The Labute approximate surface area is 137 Å². The lowest BCUT2D eigenvalue weighted by Gasteiger charge is -2.71. The summed E-state index contributed by atoms with van der Waals surface area (Å²) in [4.78, 5) is 0. The van der Waals surface area contributed by atoms with E-state index >= 15 is 0 Å². The first-order valence-corrected chi connectivity index (χ1v) is 8.32. The largest absolute Gasteiger partial charge is 0.497 e. The minimum absolute atomic E-state index is 0.0823. The maximum absolute atomic E-state index is 13.8. The van der Waals surface area contributed by atoms with Gasteiger partial charge in [0.2, 0.25) is 0 Å². The van der Waals surface area contributed by atoms with Crippen molar-refractivity contribution in [1.82, 2.24) is 0 Å². The van der Waals surface area contributed by atoms with Gasteiger partial charge in [-0.3, -0.25) is 0 Å². The first-order chi connectivity index (χ1) is 10.6. The van der Waals surface area contributed by atoms with E-state index in [2.05, 4.69) is 27.7 Å². The molecule has 0 atom stereocenters. The van der Waals surface area contributed by atoms with Crippen LogP contribution < -0.4 is 4.74 Å². The first kappa shape index (κ1) is 15.5. The average molecular weight is 318 g/mol. The van der Waals surface area contributed by atoms with Gasteiger partial charge in [0.25, 0.3) is 0 Å². The Hall–Kier alpha value is -1.07. The van der Waals surface area contributed by atoms with Gasteiger partial charge in [0.1, 0.15) is 11.6 Å². The maximum atomic E-state index is 13.8. The van der Waals surface area contributed by atoms with Crippen LogP contribution in [0.3, 0.4) is 0 Å². The Morgan fingerprint density at radius 1 is 1.00 bits per heavy atom. The molecule has 0 N–H and O–H groups in total. The Bertz CT molecular complexity index is 634. The van der Waals surface area contributed by atoms with E-state index in [1.807, 2.05) is 6.07 Å².